The summed E-state index contributed by atoms with van der Waals surface area (Å²) in [5, 5.41) is 5.92. The number of benzene rings is 1. The van der Waals surface area contributed by atoms with Crippen LogP contribution in [0, 0.1) is 5.82 Å². The number of hydrogen-bond donors (Lipinski definition) is 1. The molecular formula is C22H19F7N6O3S. The minimum absolute atomic E-state index is 0.177. The molecule has 0 unspecified atom stereocenters. The van der Waals surface area contributed by atoms with E-state index in [1.165, 1.54) is 6.92 Å². The minimum atomic E-state index is -4.82. The Bertz CT molecular complexity index is 1450. The number of carbonyl (C=O) groups excluding carboxylic acids is 1. The van der Waals surface area contributed by atoms with E-state index in [1.54, 1.807) is 0 Å². The Balaban J connectivity index is 1.55. The number of rotatable bonds is 7. The van der Waals surface area contributed by atoms with Crippen LogP contribution in [0.2, 0.25) is 0 Å². The number of aromatic nitrogens is 4. The van der Waals surface area contributed by atoms with Crippen LogP contribution in [0.15, 0.2) is 47.8 Å². The lowest BCUT2D eigenvalue weighted by Gasteiger charge is -2.26. The van der Waals surface area contributed by atoms with Gasteiger partial charge in [-0.15, -0.1) is 0 Å². The molecule has 1 N–H and O–H groups in total. The highest BCUT2D eigenvalue weighted by atomic mass is 32.2. The van der Waals surface area contributed by atoms with Crippen LogP contribution >= 0.6 is 0 Å². The maximum atomic E-state index is 14.6. The SMILES string of the molecule is C[C@H]1[C@H](F)C[C@@H](C(=O)NCc2cn(-c3cnc(C(F)(F)F)nc3)nc2C(F)F)N1S(=O)(=O)c1ccc(F)cc1. The summed E-state index contributed by atoms with van der Waals surface area (Å²) in [6.45, 7) is 0.663. The molecule has 3 atom stereocenters. The molecule has 210 valence electrons. The molecule has 1 saturated heterocycles. The second kappa shape index (κ2) is 10.5. The van der Waals surface area contributed by atoms with Crippen molar-refractivity contribution in [2.45, 2.75) is 55.6 Å². The van der Waals surface area contributed by atoms with Gasteiger partial charge in [-0.25, -0.2) is 40.6 Å². The first-order chi connectivity index (χ1) is 18.2. The monoisotopic (exact) mass is 580 g/mol. The first kappa shape index (κ1) is 28.4. The van der Waals surface area contributed by atoms with Crippen molar-refractivity contribution in [1.29, 1.82) is 0 Å². The first-order valence-electron chi connectivity index (χ1n) is 11.2. The van der Waals surface area contributed by atoms with Crippen molar-refractivity contribution >= 4 is 15.9 Å². The molecular weight excluding hydrogens is 561 g/mol. The zero-order valence-corrected chi connectivity index (χ0v) is 20.6. The van der Waals surface area contributed by atoms with Gasteiger partial charge in [0.05, 0.1) is 23.3 Å². The van der Waals surface area contributed by atoms with Crippen molar-refractivity contribution in [2.24, 2.45) is 0 Å². The molecule has 17 heteroatoms. The maximum Gasteiger partial charge on any atom is 0.451 e. The van der Waals surface area contributed by atoms with Gasteiger partial charge < -0.3 is 5.32 Å². The fourth-order valence-corrected chi connectivity index (χ4v) is 5.87. The summed E-state index contributed by atoms with van der Waals surface area (Å²) in [7, 11) is -4.45. The van der Waals surface area contributed by atoms with Crippen LogP contribution in [0.1, 0.15) is 36.9 Å². The Morgan fingerprint density at radius 1 is 1.15 bits per heavy atom. The maximum absolute atomic E-state index is 14.6. The van der Waals surface area contributed by atoms with E-state index in [0.717, 1.165) is 47.5 Å². The van der Waals surface area contributed by atoms with Crippen molar-refractivity contribution in [2.75, 3.05) is 0 Å². The van der Waals surface area contributed by atoms with Crippen LogP contribution in [-0.4, -0.2) is 56.6 Å². The van der Waals surface area contributed by atoms with Gasteiger partial charge in [-0.05, 0) is 31.2 Å². The number of sulfonamides is 1. The fourth-order valence-electron chi connectivity index (χ4n) is 4.06. The molecule has 3 heterocycles. The molecule has 1 amide bonds. The molecule has 2 aromatic heterocycles. The van der Waals surface area contributed by atoms with E-state index in [2.05, 4.69) is 20.4 Å². The first-order valence-corrected chi connectivity index (χ1v) is 12.6. The number of hydrogen-bond acceptors (Lipinski definition) is 6. The van der Waals surface area contributed by atoms with Crippen LogP contribution in [-0.2, 0) is 27.5 Å². The highest BCUT2D eigenvalue weighted by Gasteiger charge is 2.49. The Kier molecular flexibility index (Phi) is 7.66. The summed E-state index contributed by atoms with van der Waals surface area (Å²) in [5.41, 5.74) is -1.23. The van der Waals surface area contributed by atoms with Crippen LogP contribution < -0.4 is 5.32 Å². The van der Waals surface area contributed by atoms with Gasteiger partial charge in [0.1, 0.15) is 29.4 Å². The smallest absolute Gasteiger partial charge is 0.350 e. The second-order valence-electron chi connectivity index (χ2n) is 8.56. The zero-order chi connectivity index (χ0) is 28.7. The number of nitrogens with zero attached hydrogens (tertiary/aromatic N) is 5. The Morgan fingerprint density at radius 3 is 2.33 bits per heavy atom. The molecule has 0 radical (unpaired) electrons. The van der Waals surface area contributed by atoms with Crippen molar-refractivity contribution in [3.63, 3.8) is 0 Å². The van der Waals surface area contributed by atoms with Gasteiger partial charge in [0.15, 0.2) is 0 Å². The topological polar surface area (TPSA) is 110 Å². The Morgan fingerprint density at radius 2 is 1.77 bits per heavy atom. The van der Waals surface area contributed by atoms with Gasteiger partial charge >= 0.3 is 6.18 Å². The molecule has 1 fully saturated rings. The summed E-state index contributed by atoms with van der Waals surface area (Å²) < 4.78 is 121. The number of alkyl halides is 6. The quantitative estimate of drug-likeness (QED) is 0.428. The third-order valence-corrected chi connectivity index (χ3v) is 8.02. The lowest BCUT2D eigenvalue weighted by Crippen LogP contribution is -2.48. The normalized spacial score (nSPS) is 20.5. The summed E-state index contributed by atoms with van der Waals surface area (Å²) in [6.07, 6.45) is -7.76. The molecule has 39 heavy (non-hydrogen) atoms. The molecule has 1 aliphatic heterocycles. The minimum Gasteiger partial charge on any atom is -0.350 e. The van der Waals surface area contributed by atoms with Crippen LogP contribution in [0.25, 0.3) is 5.69 Å². The van der Waals surface area contributed by atoms with Gasteiger partial charge in [-0.3, -0.25) is 4.79 Å². The average molecular weight is 580 g/mol. The third-order valence-electron chi connectivity index (χ3n) is 6.01. The third kappa shape index (κ3) is 5.73. The van der Waals surface area contributed by atoms with Crippen LogP contribution in [0.4, 0.5) is 30.7 Å². The predicted molar refractivity (Wildman–Crippen MR) is 119 cm³/mol. The Labute approximate surface area is 216 Å². The van der Waals surface area contributed by atoms with Crippen LogP contribution in [0.3, 0.4) is 0 Å². The van der Waals surface area contributed by atoms with E-state index in [9.17, 15) is 43.9 Å². The van der Waals surface area contributed by atoms with E-state index in [0.29, 0.717) is 4.31 Å². The number of carbonyl (C=O) groups is 1. The molecule has 0 spiro atoms. The van der Waals surface area contributed by atoms with Gasteiger partial charge in [0.25, 0.3) is 6.43 Å². The van der Waals surface area contributed by atoms with Crippen molar-refractivity contribution in [1.82, 2.24) is 29.4 Å². The summed E-state index contributed by atoms with van der Waals surface area (Å²) >= 11 is 0. The van der Waals surface area contributed by atoms with Crippen molar-refractivity contribution in [3.05, 3.63) is 65.8 Å². The standard InChI is InChI=1S/C22H19F7N6O3S/c1-11-16(24)6-17(35(11)39(37,38)15-4-2-13(23)3-5-15)20(36)30-7-12-10-34(33-18(12)19(25)26)14-8-31-21(32-9-14)22(27,28)29/h2-5,8-11,16-17,19H,6-7H2,1H3,(H,30,36)/t11-,16+,17-/m0/s1. The lowest BCUT2D eigenvalue weighted by atomic mass is 10.1. The fraction of sp³-hybridized carbons (Fsp3) is 0.364. The number of halogens is 7. The van der Waals surface area contributed by atoms with E-state index >= 15 is 0 Å². The molecule has 0 bridgehead atoms. The average Bonchev–Trinajstić information content (AvgIpc) is 3.44. The van der Waals surface area contributed by atoms with Gasteiger partial charge in [-0.1, -0.05) is 0 Å². The van der Waals surface area contributed by atoms with Gasteiger partial charge in [0.2, 0.25) is 21.8 Å². The van der Waals surface area contributed by atoms with Crippen LogP contribution in [0.5, 0.6) is 0 Å². The van der Waals surface area contributed by atoms with E-state index in [1.807, 2.05) is 0 Å². The van der Waals surface area contributed by atoms with Crippen molar-refractivity contribution < 1.29 is 43.9 Å². The summed E-state index contributed by atoms with van der Waals surface area (Å²) in [6, 6.07) is 0.910. The zero-order valence-electron chi connectivity index (χ0n) is 19.8. The molecule has 3 aromatic rings. The lowest BCUT2D eigenvalue weighted by molar-refractivity contribution is -0.145. The van der Waals surface area contributed by atoms with E-state index < -0.39 is 77.1 Å². The molecule has 0 saturated carbocycles. The molecule has 1 aromatic carbocycles. The van der Waals surface area contributed by atoms with Gasteiger partial charge in [-0.2, -0.15) is 22.6 Å². The summed E-state index contributed by atoms with van der Waals surface area (Å²) in [4.78, 5) is 18.9. The molecule has 0 aliphatic carbocycles. The highest BCUT2D eigenvalue weighted by molar-refractivity contribution is 7.89. The largest absolute Gasteiger partial charge is 0.451 e. The van der Waals surface area contributed by atoms with Crippen molar-refractivity contribution in [3.8, 4) is 5.69 Å². The highest BCUT2D eigenvalue weighted by Crippen LogP contribution is 2.33. The number of nitrogens with one attached hydrogen (secondary N) is 1. The summed E-state index contributed by atoms with van der Waals surface area (Å²) in [5.74, 6) is -3.14. The van der Waals surface area contributed by atoms with Gasteiger partial charge in [0, 0.05) is 24.7 Å². The Hall–Kier alpha value is -3.60. The molecule has 4 rings (SSSR count). The predicted octanol–water partition coefficient (Wildman–Crippen LogP) is 3.56. The molecule has 1 aliphatic rings. The van der Waals surface area contributed by atoms with E-state index in [-0.39, 0.29) is 16.1 Å². The molecule has 9 nitrogen and oxygen atoms in total. The number of amides is 1. The van der Waals surface area contributed by atoms with E-state index in [4.69, 9.17) is 0 Å². The second-order valence-corrected chi connectivity index (χ2v) is 10.4.